The van der Waals surface area contributed by atoms with Gasteiger partial charge in [0.25, 0.3) is 0 Å². The maximum atomic E-state index is 5.84. The lowest BCUT2D eigenvalue weighted by atomic mass is 10.0. The van der Waals surface area contributed by atoms with Crippen molar-refractivity contribution >= 4 is 22.9 Å². The second-order valence-corrected chi connectivity index (χ2v) is 4.31. The molecule has 0 aliphatic carbocycles. The summed E-state index contributed by atoms with van der Waals surface area (Å²) in [6, 6.07) is 0. The number of alkyl halides is 1. The van der Waals surface area contributed by atoms with Crippen molar-refractivity contribution in [3.63, 3.8) is 0 Å². The molecule has 0 amide bonds. The van der Waals surface area contributed by atoms with Gasteiger partial charge in [-0.3, -0.25) is 0 Å². The molecule has 1 aliphatic rings. The SMILES string of the molecule is NCC1OCCc2scc(CCl)c21. The van der Waals surface area contributed by atoms with Crippen molar-refractivity contribution in [1.29, 1.82) is 0 Å². The summed E-state index contributed by atoms with van der Waals surface area (Å²) in [5.41, 5.74) is 8.09. The second-order valence-electron chi connectivity index (χ2n) is 3.08. The topological polar surface area (TPSA) is 35.2 Å². The number of ether oxygens (including phenoxy) is 1. The van der Waals surface area contributed by atoms with Gasteiger partial charge in [0.15, 0.2) is 0 Å². The molecule has 2 rings (SSSR count). The Labute approximate surface area is 86.6 Å². The molecule has 2 nitrogen and oxygen atoms in total. The van der Waals surface area contributed by atoms with E-state index in [1.165, 1.54) is 16.0 Å². The van der Waals surface area contributed by atoms with Gasteiger partial charge in [-0.2, -0.15) is 0 Å². The number of fused-ring (bicyclic) bond motifs is 1. The Morgan fingerprint density at radius 2 is 2.54 bits per heavy atom. The minimum atomic E-state index is 0.0729. The van der Waals surface area contributed by atoms with Gasteiger partial charge in [-0.25, -0.2) is 0 Å². The first-order valence-corrected chi connectivity index (χ1v) is 5.75. The van der Waals surface area contributed by atoms with Gasteiger partial charge in [-0.1, -0.05) is 0 Å². The van der Waals surface area contributed by atoms with Gasteiger partial charge in [0.1, 0.15) is 0 Å². The number of nitrogens with two attached hydrogens (primary N) is 1. The van der Waals surface area contributed by atoms with Crippen molar-refractivity contribution in [2.75, 3.05) is 13.2 Å². The Kier molecular flexibility index (Phi) is 2.89. The normalized spacial score (nSPS) is 21.5. The van der Waals surface area contributed by atoms with Crippen molar-refractivity contribution in [3.05, 3.63) is 21.4 Å². The van der Waals surface area contributed by atoms with Crippen LogP contribution in [0.25, 0.3) is 0 Å². The van der Waals surface area contributed by atoms with Crippen LogP contribution in [0.4, 0.5) is 0 Å². The predicted molar refractivity (Wildman–Crippen MR) is 55.3 cm³/mol. The molecule has 1 aliphatic heterocycles. The molecule has 0 spiro atoms. The van der Waals surface area contributed by atoms with E-state index in [-0.39, 0.29) is 6.10 Å². The van der Waals surface area contributed by atoms with E-state index >= 15 is 0 Å². The summed E-state index contributed by atoms with van der Waals surface area (Å²) in [6.07, 6.45) is 1.08. The first-order valence-electron chi connectivity index (χ1n) is 4.33. The van der Waals surface area contributed by atoms with Gasteiger partial charge in [-0.15, -0.1) is 22.9 Å². The molecule has 0 bridgehead atoms. The molecule has 0 saturated carbocycles. The monoisotopic (exact) mass is 217 g/mol. The number of hydrogen-bond acceptors (Lipinski definition) is 3. The molecule has 1 atom stereocenters. The molecule has 0 aromatic carbocycles. The van der Waals surface area contributed by atoms with Crippen molar-refractivity contribution in [2.24, 2.45) is 5.73 Å². The number of thiophene rings is 1. The van der Waals surface area contributed by atoms with E-state index in [4.69, 9.17) is 22.1 Å². The third kappa shape index (κ3) is 1.62. The van der Waals surface area contributed by atoms with E-state index in [2.05, 4.69) is 5.38 Å². The Hall–Kier alpha value is -0.0900. The molecule has 4 heteroatoms. The van der Waals surface area contributed by atoms with Crippen LogP contribution in [0.1, 0.15) is 22.1 Å². The highest BCUT2D eigenvalue weighted by Gasteiger charge is 2.23. The molecule has 0 radical (unpaired) electrons. The highest BCUT2D eigenvalue weighted by atomic mass is 35.5. The van der Waals surface area contributed by atoms with E-state index in [1.807, 2.05) is 0 Å². The van der Waals surface area contributed by atoms with E-state index in [1.54, 1.807) is 11.3 Å². The van der Waals surface area contributed by atoms with Gasteiger partial charge in [0.05, 0.1) is 12.7 Å². The first kappa shape index (κ1) is 9.46. The van der Waals surface area contributed by atoms with E-state index in [0.29, 0.717) is 12.4 Å². The van der Waals surface area contributed by atoms with Crippen LogP contribution < -0.4 is 5.73 Å². The zero-order valence-electron chi connectivity index (χ0n) is 7.25. The standard InChI is InChI=1S/C9H12ClNOS/c10-3-6-5-13-8-1-2-12-7(4-11)9(6)8/h5,7H,1-4,11H2. The number of rotatable bonds is 2. The van der Waals surface area contributed by atoms with Crippen LogP contribution in [-0.2, 0) is 17.0 Å². The van der Waals surface area contributed by atoms with Gasteiger partial charge in [0, 0.05) is 29.3 Å². The van der Waals surface area contributed by atoms with Crippen LogP contribution in [0.3, 0.4) is 0 Å². The molecule has 1 aromatic heterocycles. The van der Waals surface area contributed by atoms with Crippen LogP contribution in [0, 0.1) is 0 Å². The van der Waals surface area contributed by atoms with Crippen LogP contribution in [0.5, 0.6) is 0 Å². The largest absolute Gasteiger partial charge is 0.372 e. The summed E-state index contributed by atoms with van der Waals surface area (Å²) in [5, 5.41) is 2.12. The molecule has 0 fully saturated rings. The average Bonchev–Trinajstić information content (AvgIpc) is 2.60. The van der Waals surface area contributed by atoms with Crippen LogP contribution in [0.15, 0.2) is 5.38 Å². The lowest BCUT2D eigenvalue weighted by molar-refractivity contribution is 0.0493. The van der Waals surface area contributed by atoms with E-state index in [9.17, 15) is 0 Å². The lowest BCUT2D eigenvalue weighted by Crippen LogP contribution is -2.22. The molecule has 1 aromatic rings. The second kappa shape index (κ2) is 3.96. The maximum absolute atomic E-state index is 5.84. The van der Waals surface area contributed by atoms with Crippen molar-refractivity contribution in [2.45, 2.75) is 18.4 Å². The Bertz CT molecular complexity index is 286. The van der Waals surface area contributed by atoms with E-state index in [0.717, 1.165) is 13.0 Å². The molecule has 2 N–H and O–H groups in total. The van der Waals surface area contributed by atoms with Crippen LogP contribution >= 0.6 is 22.9 Å². The summed E-state index contributed by atoms with van der Waals surface area (Å²) < 4.78 is 5.58. The summed E-state index contributed by atoms with van der Waals surface area (Å²) >= 11 is 7.61. The molecular formula is C9H12ClNOS. The molecular weight excluding hydrogens is 206 g/mol. The van der Waals surface area contributed by atoms with Gasteiger partial charge in [-0.05, 0) is 10.9 Å². The quantitative estimate of drug-likeness (QED) is 0.770. The highest BCUT2D eigenvalue weighted by molar-refractivity contribution is 7.10. The van der Waals surface area contributed by atoms with Gasteiger partial charge < -0.3 is 10.5 Å². The molecule has 1 unspecified atom stereocenters. The summed E-state index contributed by atoms with van der Waals surface area (Å²) in [5.74, 6) is 0.561. The predicted octanol–water partition coefficient (Wildman–Crippen LogP) is 2.06. The molecule has 72 valence electrons. The first-order chi connectivity index (χ1) is 6.36. The third-order valence-corrected chi connectivity index (χ3v) is 3.72. The summed E-state index contributed by atoms with van der Waals surface area (Å²) in [4.78, 5) is 1.40. The van der Waals surface area contributed by atoms with Crippen molar-refractivity contribution < 1.29 is 4.74 Å². The Morgan fingerprint density at radius 3 is 3.23 bits per heavy atom. The molecule has 0 saturated heterocycles. The fraction of sp³-hybridized carbons (Fsp3) is 0.556. The van der Waals surface area contributed by atoms with Crippen molar-refractivity contribution in [3.8, 4) is 0 Å². The van der Waals surface area contributed by atoms with Crippen molar-refractivity contribution in [1.82, 2.24) is 0 Å². The third-order valence-electron chi connectivity index (χ3n) is 2.32. The lowest BCUT2D eigenvalue weighted by Gasteiger charge is -2.23. The number of halogens is 1. The fourth-order valence-electron chi connectivity index (χ4n) is 1.69. The summed E-state index contributed by atoms with van der Waals surface area (Å²) in [7, 11) is 0. The summed E-state index contributed by atoms with van der Waals surface area (Å²) in [6.45, 7) is 1.34. The van der Waals surface area contributed by atoms with Gasteiger partial charge >= 0.3 is 0 Å². The maximum Gasteiger partial charge on any atom is 0.0961 e. The molecule has 2 heterocycles. The average molecular weight is 218 g/mol. The zero-order valence-corrected chi connectivity index (χ0v) is 8.83. The van der Waals surface area contributed by atoms with Crippen LogP contribution in [0.2, 0.25) is 0 Å². The minimum absolute atomic E-state index is 0.0729. The number of hydrogen-bond donors (Lipinski definition) is 1. The highest BCUT2D eigenvalue weighted by Crippen LogP contribution is 2.34. The smallest absolute Gasteiger partial charge is 0.0961 e. The van der Waals surface area contributed by atoms with Crippen LogP contribution in [-0.4, -0.2) is 13.2 Å². The minimum Gasteiger partial charge on any atom is -0.372 e. The zero-order chi connectivity index (χ0) is 9.26. The van der Waals surface area contributed by atoms with E-state index < -0.39 is 0 Å². The fourth-order valence-corrected chi connectivity index (χ4v) is 3.09. The van der Waals surface area contributed by atoms with Gasteiger partial charge in [0.2, 0.25) is 0 Å². The Balaban J connectivity index is 2.39. The Morgan fingerprint density at radius 1 is 1.69 bits per heavy atom. The molecule has 13 heavy (non-hydrogen) atoms.